The maximum Gasteiger partial charge on any atom is 0.131 e. The van der Waals surface area contributed by atoms with Crippen molar-refractivity contribution in [2.45, 2.75) is 57.5 Å². The molecule has 1 fully saturated rings. The Hall–Kier alpha value is -1.09. The average molecular weight is 273 g/mol. The Bertz CT molecular complexity index is 598. The second-order valence-corrected chi connectivity index (χ2v) is 6.81. The van der Waals surface area contributed by atoms with E-state index in [1.54, 1.807) is 4.88 Å². The van der Waals surface area contributed by atoms with Crippen molar-refractivity contribution in [2.24, 2.45) is 0 Å². The lowest BCUT2D eigenvalue weighted by atomic mass is 9.98. The Morgan fingerprint density at radius 3 is 2.89 bits per heavy atom. The number of nitrogens with zero attached hydrogens (tertiary/aromatic N) is 1. The smallest absolute Gasteiger partial charge is 0.131 e. The van der Waals surface area contributed by atoms with Gasteiger partial charge in [-0.2, -0.15) is 0 Å². The molecule has 0 radical (unpaired) electrons. The van der Waals surface area contributed by atoms with Gasteiger partial charge in [0, 0.05) is 11.1 Å². The van der Waals surface area contributed by atoms with Crippen LogP contribution >= 0.6 is 11.3 Å². The van der Waals surface area contributed by atoms with E-state index in [1.165, 1.54) is 67.1 Å². The maximum absolute atomic E-state index is 6.32. The van der Waals surface area contributed by atoms with Gasteiger partial charge in [0.05, 0.1) is 11.5 Å². The van der Waals surface area contributed by atoms with Crippen molar-refractivity contribution in [1.29, 1.82) is 0 Å². The topological polar surface area (TPSA) is 22.1 Å². The highest BCUT2D eigenvalue weighted by Gasteiger charge is 2.23. The number of rotatable bonds is 2. The lowest BCUT2D eigenvalue weighted by molar-refractivity contribution is 0.157. The summed E-state index contributed by atoms with van der Waals surface area (Å²) in [7, 11) is 0. The first-order valence-corrected chi connectivity index (χ1v) is 8.29. The molecule has 2 aliphatic rings. The van der Waals surface area contributed by atoms with Crippen molar-refractivity contribution in [3.63, 3.8) is 0 Å². The zero-order valence-corrected chi connectivity index (χ0v) is 12.0. The first-order valence-electron chi connectivity index (χ1n) is 7.48. The van der Waals surface area contributed by atoms with Gasteiger partial charge in [-0.3, -0.25) is 0 Å². The van der Waals surface area contributed by atoms with Crippen molar-refractivity contribution in [3.05, 3.63) is 22.7 Å². The summed E-state index contributed by atoms with van der Waals surface area (Å²) in [5.74, 6) is 1.09. The van der Waals surface area contributed by atoms with Crippen LogP contribution in [0.5, 0.6) is 5.75 Å². The van der Waals surface area contributed by atoms with Crippen molar-refractivity contribution in [3.8, 4) is 5.75 Å². The number of hydrogen-bond donors (Lipinski definition) is 0. The van der Waals surface area contributed by atoms with E-state index in [2.05, 4.69) is 11.1 Å². The maximum atomic E-state index is 6.32. The van der Waals surface area contributed by atoms with Crippen LogP contribution in [0.4, 0.5) is 0 Å². The second-order valence-electron chi connectivity index (χ2n) is 5.72. The minimum atomic E-state index is 0.427. The molecule has 0 aromatic carbocycles. The van der Waals surface area contributed by atoms with E-state index >= 15 is 0 Å². The fourth-order valence-electron chi connectivity index (χ4n) is 3.45. The van der Waals surface area contributed by atoms with Crippen LogP contribution in [0.3, 0.4) is 0 Å². The van der Waals surface area contributed by atoms with Gasteiger partial charge in [0.15, 0.2) is 0 Å². The molecule has 0 unspecified atom stereocenters. The molecule has 19 heavy (non-hydrogen) atoms. The monoisotopic (exact) mass is 273 g/mol. The highest BCUT2D eigenvalue weighted by atomic mass is 32.1. The van der Waals surface area contributed by atoms with Gasteiger partial charge in [-0.05, 0) is 56.6 Å². The lowest BCUT2D eigenvalue weighted by Gasteiger charge is -2.23. The highest BCUT2D eigenvalue weighted by Crippen LogP contribution is 2.41. The van der Waals surface area contributed by atoms with Gasteiger partial charge in [-0.15, -0.1) is 11.3 Å². The molecule has 0 amide bonds. The molecule has 2 aromatic heterocycles. The molecule has 0 atom stereocenters. The second kappa shape index (κ2) is 4.78. The van der Waals surface area contributed by atoms with E-state index in [-0.39, 0.29) is 0 Å². The number of pyridine rings is 1. The first-order chi connectivity index (χ1) is 9.42. The Kier molecular flexibility index (Phi) is 2.95. The molecule has 4 rings (SSSR count). The molecule has 1 saturated carbocycles. The molecule has 0 aliphatic heterocycles. The number of hydrogen-bond acceptors (Lipinski definition) is 3. The summed E-state index contributed by atoms with van der Waals surface area (Å²) in [5, 5.41) is 1.32. The summed E-state index contributed by atoms with van der Waals surface area (Å²) in [6.45, 7) is 0. The molecular formula is C16H19NOS. The summed E-state index contributed by atoms with van der Waals surface area (Å²) in [5.41, 5.74) is 1.53. The van der Waals surface area contributed by atoms with Crippen LogP contribution in [0.25, 0.3) is 10.2 Å². The van der Waals surface area contributed by atoms with E-state index in [4.69, 9.17) is 4.74 Å². The van der Waals surface area contributed by atoms with Crippen LogP contribution < -0.4 is 4.74 Å². The third-order valence-corrected chi connectivity index (χ3v) is 5.61. The minimum Gasteiger partial charge on any atom is -0.490 e. The fourth-order valence-corrected chi connectivity index (χ4v) is 4.70. The summed E-state index contributed by atoms with van der Waals surface area (Å²) >= 11 is 1.87. The minimum absolute atomic E-state index is 0.427. The molecule has 0 spiro atoms. The molecule has 0 N–H and O–H groups in total. The van der Waals surface area contributed by atoms with Crippen molar-refractivity contribution >= 4 is 21.6 Å². The number of ether oxygens (including phenoxy) is 1. The Labute approximate surface area is 117 Å². The van der Waals surface area contributed by atoms with Crippen LogP contribution in [0, 0.1) is 0 Å². The van der Waals surface area contributed by atoms with E-state index in [9.17, 15) is 0 Å². The molecule has 2 aromatic rings. The molecule has 2 heterocycles. The Morgan fingerprint density at radius 1 is 1.11 bits per heavy atom. The molecule has 2 aliphatic carbocycles. The average Bonchev–Trinajstić information content (AvgIpc) is 3.00. The predicted molar refractivity (Wildman–Crippen MR) is 79.1 cm³/mol. The third kappa shape index (κ3) is 2.04. The van der Waals surface area contributed by atoms with Gasteiger partial charge in [0.1, 0.15) is 10.6 Å². The largest absolute Gasteiger partial charge is 0.490 e. The summed E-state index contributed by atoms with van der Waals surface area (Å²) in [6.07, 6.45) is 12.5. The van der Waals surface area contributed by atoms with Crippen LogP contribution in [0.1, 0.15) is 49.0 Å². The van der Waals surface area contributed by atoms with Crippen molar-refractivity contribution < 1.29 is 4.74 Å². The van der Waals surface area contributed by atoms with Gasteiger partial charge in [0.2, 0.25) is 0 Å². The molecule has 3 heteroatoms. The number of fused-ring (bicyclic) bond motifs is 3. The quantitative estimate of drug-likeness (QED) is 0.804. The number of aromatic nitrogens is 1. The third-order valence-electron chi connectivity index (χ3n) is 4.41. The SMILES string of the molecule is c1cc(OC2CCCCC2)c2c3c(sc2n1)CCC3. The van der Waals surface area contributed by atoms with Gasteiger partial charge in [-0.25, -0.2) is 4.98 Å². The molecule has 2 nitrogen and oxygen atoms in total. The Morgan fingerprint density at radius 2 is 2.00 bits per heavy atom. The standard InChI is InChI=1S/C16H19NOS/c1-2-5-11(6-3-1)18-13-9-10-17-16-15(13)12-7-4-8-14(12)19-16/h9-11H,1-8H2. The van der Waals surface area contributed by atoms with Gasteiger partial charge in [-0.1, -0.05) is 6.42 Å². The highest BCUT2D eigenvalue weighted by molar-refractivity contribution is 7.19. The van der Waals surface area contributed by atoms with Gasteiger partial charge in [0.25, 0.3) is 0 Å². The zero-order valence-electron chi connectivity index (χ0n) is 11.2. The van der Waals surface area contributed by atoms with Crippen LogP contribution in [0.15, 0.2) is 12.3 Å². The number of thiophene rings is 1. The van der Waals surface area contributed by atoms with Crippen LogP contribution in [-0.4, -0.2) is 11.1 Å². The van der Waals surface area contributed by atoms with Gasteiger partial charge < -0.3 is 4.74 Å². The summed E-state index contributed by atoms with van der Waals surface area (Å²) in [6, 6.07) is 2.07. The normalized spacial score (nSPS) is 19.8. The lowest BCUT2D eigenvalue weighted by Crippen LogP contribution is -2.19. The van der Waals surface area contributed by atoms with E-state index in [1.807, 2.05) is 17.5 Å². The first kappa shape index (κ1) is 11.7. The van der Waals surface area contributed by atoms with Crippen molar-refractivity contribution in [2.75, 3.05) is 0 Å². The summed E-state index contributed by atoms with van der Waals surface area (Å²) in [4.78, 5) is 7.26. The Balaban J connectivity index is 1.72. The van der Waals surface area contributed by atoms with Crippen molar-refractivity contribution in [1.82, 2.24) is 4.98 Å². The predicted octanol–water partition coefficient (Wildman–Crippen LogP) is 4.50. The van der Waals surface area contributed by atoms with Crippen LogP contribution in [-0.2, 0) is 12.8 Å². The summed E-state index contributed by atoms with van der Waals surface area (Å²) < 4.78 is 6.32. The van der Waals surface area contributed by atoms with E-state index in [0.29, 0.717) is 6.10 Å². The zero-order chi connectivity index (χ0) is 12.7. The molecular weight excluding hydrogens is 254 g/mol. The van der Waals surface area contributed by atoms with E-state index < -0.39 is 0 Å². The number of aryl methyl sites for hydroxylation is 2. The molecule has 0 saturated heterocycles. The van der Waals surface area contributed by atoms with Gasteiger partial charge >= 0.3 is 0 Å². The van der Waals surface area contributed by atoms with Crippen LogP contribution in [0.2, 0.25) is 0 Å². The fraction of sp³-hybridized carbons (Fsp3) is 0.562. The van der Waals surface area contributed by atoms with E-state index in [0.717, 1.165) is 5.75 Å². The molecule has 100 valence electrons. The molecule has 0 bridgehead atoms.